The summed E-state index contributed by atoms with van der Waals surface area (Å²) in [7, 11) is 0. The third-order valence-electron chi connectivity index (χ3n) is 4.60. The predicted octanol–water partition coefficient (Wildman–Crippen LogP) is 3.64. The molecule has 0 unspecified atom stereocenters. The van der Waals surface area contributed by atoms with Crippen LogP contribution in [-0.4, -0.2) is 34.5 Å². The molecule has 8 nitrogen and oxygen atoms in total. The van der Waals surface area contributed by atoms with Gasteiger partial charge in [-0.15, -0.1) is 0 Å². The highest BCUT2D eigenvalue weighted by molar-refractivity contribution is 8.18. The first-order chi connectivity index (χ1) is 15.8. The number of imide groups is 1. The van der Waals surface area contributed by atoms with Crippen LogP contribution in [0.2, 0.25) is 5.02 Å². The van der Waals surface area contributed by atoms with Crippen molar-refractivity contribution >= 4 is 58.1 Å². The number of carboxylic acid groups (broad SMARTS) is 1. The molecule has 1 N–H and O–H groups in total. The summed E-state index contributed by atoms with van der Waals surface area (Å²) in [5, 5.41) is 13.3. The summed E-state index contributed by atoms with van der Waals surface area (Å²) in [5.74, 6) is -1.93. The summed E-state index contributed by atoms with van der Waals surface area (Å²) >= 11 is 6.55. The molecule has 2 aromatic carbocycles. The van der Waals surface area contributed by atoms with Gasteiger partial charge in [0, 0.05) is 27.9 Å². The first kappa shape index (κ1) is 22.4. The molecule has 0 atom stereocenters. The number of benzene rings is 2. The largest absolute Gasteiger partial charge is 0.545 e. The maximum Gasteiger partial charge on any atom is 0.294 e. The van der Waals surface area contributed by atoms with Crippen LogP contribution in [0.3, 0.4) is 0 Å². The zero-order valence-electron chi connectivity index (χ0n) is 16.7. The number of carboxylic acids is 1. The standard InChI is InChI=1S/C23H15ClN2O6S/c24-17-8-6-13(10-16(17)22(29)30)18-9-7-15(32-18)11-19-21(28)26(23(31)33-19)12-20(27)25-14-4-2-1-3-5-14/h1-11H,12H2,(H,25,27)(H,29,30)/p-1/b19-11+. The van der Waals surface area contributed by atoms with Gasteiger partial charge < -0.3 is 19.6 Å². The van der Waals surface area contributed by atoms with Crippen LogP contribution >= 0.6 is 23.4 Å². The van der Waals surface area contributed by atoms with Crippen molar-refractivity contribution in [1.29, 1.82) is 0 Å². The molecule has 33 heavy (non-hydrogen) atoms. The second kappa shape index (κ2) is 9.35. The van der Waals surface area contributed by atoms with Crippen molar-refractivity contribution < 1.29 is 28.7 Å². The average Bonchev–Trinajstić information content (AvgIpc) is 3.35. The minimum Gasteiger partial charge on any atom is -0.545 e. The van der Waals surface area contributed by atoms with E-state index in [4.69, 9.17) is 16.0 Å². The maximum atomic E-state index is 12.6. The number of rotatable bonds is 6. The molecule has 1 fully saturated rings. The van der Waals surface area contributed by atoms with E-state index in [1.165, 1.54) is 18.2 Å². The van der Waals surface area contributed by atoms with Gasteiger partial charge >= 0.3 is 0 Å². The molecular weight excluding hydrogens is 468 g/mol. The van der Waals surface area contributed by atoms with E-state index < -0.39 is 29.6 Å². The van der Waals surface area contributed by atoms with Gasteiger partial charge in [0.25, 0.3) is 11.1 Å². The average molecular weight is 482 g/mol. The molecule has 1 aliphatic rings. The number of halogens is 1. The number of hydrogen-bond acceptors (Lipinski definition) is 7. The van der Waals surface area contributed by atoms with Gasteiger partial charge in [0.05, 0.1) is 10.9 Å². The molecule has 3 aromatic rings. The van der Waals surface area contributed by atoms with Crippen LogP contribution in [0.25, 0.3) is 17.4 Å². The van der Waals surface area contributed by atoms with Crippen LogP contribution in [0.4, 0.5) is 10.5 Å². The summed E-state index contributed by atoms with van der Waals surface area (Å²) in [6.07, 6.45) is 1.39. The van der Waals surface area contributed by atoms with Crippen molar-refractivity contribution in [2.75, 3.05) is 11.9 Å². The van der Waals surface area contributed by atoms with Gasteiger partial charge in [-0.1, -0.05) is 29.8 Å². The maximum absolute atomic E-state index is 12.6. The van der Waals surface area contributed by atoms with Crippen molar-refractivity contribution in [2.45, 2.75) is 0 Å². The van der Waals surface area contributed by atoms with Crippen LogP contribution in [0, 0.1) is 0 Å². The summed E-state index contributed by atoms with van der Waals surface area (Å²) in [6, 6.07) is 16.1. The number of carbonyl (C=O) groups excluding carboxylic acids is 4. The van der Waals surface area contributed by atoms with E-state index in [1.54, 1.807) is 48.5 Å². The Labute approximate surface area is 196 Å². The lowest BCUT2D eigenvalue weighted by Gasteiger charge is -2.12. The van der Waals surface area contributed by atoms with Crippen molar-refractivity contribution in [3.8, 4) is 11.3 Å². The number of anilines is 1. The topological polar surface area (TPSA) is 120 Å². The molecule has 0 spiro atoms. The van der Waals surface area contributed by atoms with Gasteiger partial charge in [-0.3, -0.25) is 19.3 Å². The lowest BCUT2D eigenvalue weighted by atomic mass is 10.1. The molecule has 1 aliphatic heterocycles. The Bertz CT molecular complexity index is 1300. The molecule has 1 saturated heterocycles. The highest BCUT2D eigenvalue weighted by Gasteiger charge is 2.36. The van der Waals surface area contributed by atoms with Crippen molar-refractivity contribution in [3.63, 3.8) is 0 Å². The minimum absolute atomic E-state index is 0.0375. The van der Waals surface area contributed by atoms with Crippen LogP contribution in [-0.2, 0) is 9.59 Å². The number of nitrogens with zero attached hydrogens (tertiary/aromatic N) is 1. The molecular formula is C23H14ClN2O6S-. The summed E-state index contributed by atoms with van der Waals surface area (Å²) in [5.41, 5.74) is 0.822. The normalized spacial score (nSPS) is 14.7. The lowest BCUT2D eigenvalue weighted by Crippen LogP contribution is -2.36. The molecule has 166 valence electrons. The van der Waals surface area contributed by atoms with E-state index in [9.17, 15) is 24.3 Å². The van der Waals surface area contributed by atoms with E-state index in [2.05, 4.69) is 5.32 Å². The van der Waals surface area contributed by atoms with Crippen molar-refractivity contribution in [2.24, 2.45) is 0 Å². The number of thioether (sulfide) groups is 1. The van der Waals surface area contributed by atoms with Gasteiger partial charge in [-0.05, 0) is 54.2 Å². The Morgan fingerprint density at radius 1 is 1.09 bits per heavy atom. The Balaban J connectivity index is 1.48. The number of amides is 3. The summed E-state index contributed by atoms with van der Waals surface area (Å²) in [4.78, 5) is 49.3. The third-order valence-corrected chi connectivity index (χ3v) is 5.84. The second-order valence-corrected chi connectivity index (χ2v) is 8.27. The zero-order valence-corrected chi connectivity index (χ0v) is 18.3. The number of nitrogens with one attached hydrogen (secondary N) is 1. The fourth-order valence-electron chi connectivity index (χ4n) is 3.05. The van der Waals surface area contributed by atoms with Gasteiger partial charge in [-0.25, -0.2) is 0 Å². The number of aromatic carboxylic acids is 1. The minimum atomic E-state index is -1.42. The molecule has 3 amide bonds. The fourth-order valence-corrected chi connectivity index (χ4v) is 4.06. The number of para-hydroxylation sites is 1. The molecule has 0 radical (unpaired) electrons. The smallest absolute Gasteiger partial charge is 0.294 e. The van der Waals surface area contributed by atoms with Gasteiger partial charge in [0.15, 0.2) is 0 Å². The van der Waals surface area contributed by atoms with Crippen molar-refractivity contribution in [1.82, 2.24) is 4.90 Å². The molecule has 4 rings (SSSR count). The zero-order chi connectivity index (χ0) is 23.5. The lowest BCUT2D eigenvalue weighted by molar-refractivity contribution is -0.255. The highest BCUT2D eigenvalue weighted by Crippen LogP contribution is 2.33. The van der Waals surface area contributed by atoms with Crippen LogP contribution < -0.4 is 10.4 Å². The number of hydrogen-bond donors (Lipinski definition) is 1. The van der Waals surface area contributed by atoms with Crippen molar-refractivity contribution in [3.05, 3.63) is 81.9 Å². The Hall–Kier alpha value is -3.82. The number of furan rings is 1. The Morgan fingerprint density at radius 3 is 2.58 bits per heavy atom. The van der Waals surface area contributed by atoms with Gasteiger partial charge in [-0.2, -0.15) is 0 Å². The molecule has 1 aromatic heterocycles. The van der Waals surface area contributed by atoms with E-state index in [1.807, 2.05) is 0 Å². The van der Waals surface area contributed by atoms with Crippen LogP contribution in [0.15, 0.2) is 70.0 Å². The van der Waals surface area contributed by atoms with Crippen LogP contribution in [0.5, 0.6) is 0 Å². The third kappa shape index (κ3) is 5.00. The fraction of sp³-hybridized carbons (Fsp3) is 0.0435. The first-order valence-electron chi connectivity index (χ1n) is 9.53. The van der Waals surface area contributed by atoms with Crippen LogP contribution in [0.1, 0.15) is 16.1 Å². The summed E-state index contributed by atoms with van der Waals surface area (Å²) < 4.78 is 5.68. The van der Waals surface area contributed by atoms with Gasteiger partial charge in [0.2, 0.25) is 5.91 Å². The van der Waals surface area contributed by atoms with E-state index in [-0.39, 0.29) is 21.3 Å². The predicted molar refractivity (Wildman–Crippen MR) is 121 cm³/mol. The molecule has 10 heteroatoms. The summed E-state index contributed by atoms with van der Waals surface area (Å²) in [6.45, 7) is -0.420. The quantitative estimate of drug-likeness (QED) is 0.533. The molecule has 0 saturated carbocycles. The van der Waals surface area contributed by atoms with E-state index in [0.29, 0.717) is 28.8 Å². The monoisotopic (exact) mass is 481 g/mol. The SMILES string of the molecule is O=C(CN1C(=O)S/C(=C/c2ccc(-c3ccc(Cl)c(C(=O)[O-])c3)o2)C1=O)Nc1ccccc1. The van der Waals surface area contributed by atoms with Gasteiger partial charge in [0.1, 0.15) is 18.1 Å². The van der Waals surface area contributed by atoms with E-state index in [0.717, 1.165) is 4.90 Å². The Kier molecular flexibility index (Phi) is 6.34. The second-order valence-electron chi connectivity index (χ2n) is 6.87. The van der Waals surface area contributed by atoms with E-state index >= 15 is 0 Å². The highest BCUT2D eigenvalue weighted by atomic mass is 35.5. The first-order valence-corrected chi connectivity index (χ1v) is 10.7. The molecule has 0 bridgehead atoms. The Morgan fingerprint density at radius 2 is 1.85 bits per heavy atom. The molecule has 2 heterocycles. The molecule has 0 aliphatic carbocycles. The number of carbonyl (C=O) groups is 4.